The quantitative estimate of drug-likeness (QED) is 0.845. The Morgan fingerprint density at radius 1 is 1.36 bits per heavy atom. The maximum atomic E-state index is 14.4. The Labute approximate surface area is 129 Å². The summed E-state index contributed by atoms with van der Waals surface area (Å²) >= 11 is 0. The molecule has 1 amide bonds. The van der Waals surface area contributed by atoms with Crippen molar-refractivity contribution in [3.63, 3.8) is 0 Å². The van der Waals surface area contributed by atoms with Crippen molar-refractivity contribution in [2.24, 2.45) is 0 Å². The first-order chi connectivity index (χ1) is 10.2. The Balaban J connectivity index is 2.11. The van der Waals surface area contributed by atoms with Crippen molar-refractivity contribution >= 4 is 17.1 Å². The number of likely N-dealkylation sites (N-methyl/N-ethyl adjacent to an activating group) is 1. The number of rotatable bonds is 3. The highest BCUT2D eigenvalue weighted by Crippen LogP contribution is 2.23. The van der Waals surface area contributed by atoms with Crippen molar-refractivity contribution in [1.29, 1.82) is 0 Å². The summed E-state index contributed by atoms with van der Waals surface area (Å²) in [6, 6.07) is 4.86. The molecule has 0 aliphatic carbocycles. The molecule has 0 radical (unpaired) electrons. The van der Waals surface area contributed by atoms with Gasteiger partial charge < -0.3 is 14.1 Å². The lowest BCUT2D eigenvalue weighted by Crippen LogP contribution is -2.40. The number of fused-ring (bicyclic) bond motifs is 1. The summed E-state index contributed by atoms with van der Waals surface area (Å²) in [6.45, 7) is 7.31. The van der Waals surface area contributed by atoms with E-state index >= 15 is 0 Å². The van der Waals surface area contributed by atoms with Crippen molar-refractivity contribution in [1.82, 2.24) is 4.90 Å². The number of carbonyl (C=O) groups excluding carboxylic acids is 1. The van der Waals surface area contributed by atoms with Gasteiger partial charge in [0.2, 0.25) is 0 Å². The van der Waals surface area contributed by atoms with Gasteiger partial charge in [0.25, 0.3) is 0 Å². The molecule has 120 valence electrons. The highest BCUT2D eigenvalue weighted by molar-refractivity contribution is 5.78. The van der Waals surface area contributed by atoms with Gasteiger partial charge in [-0.15, -0.1) is 0 Å². The summed E-state index contributed by atoms with van der Waals surface area (Å²) in [4.78, 5) is 13.5. The second kappa shape index (κ2) is 5.99. The summed E-state index contributed by atoms with van der Waals surface area (Å²) in [6.07, 6.45) is 1.46. The summed E-state index contributed by atoms with van der Waals surface area (Å²) in [5.41, 5.74) is 0.526. The molecule has 22 heavy (non-hydrogen) atoms. The lowest BCUT2D eigenvalue weighted by atomic mass is 10.0. The van der Waals surface area contributed by atoms with E-state index < -0.39 is 11.7 Å². The maximum absolute atomic E-state index is 14.4. The second-order valence-corrected chi connectivity index (χ2v) is 6.52. The molecule has 2 aromatic rings. The van der Waals surface area contributed by atoms with Gasteiger partial charge in [0, 0.05) is 13.1 Å². The second-order valence-electron chi connectivity index (χ2n) is 6.52. The summed E-state index contributed by atoms with van der Waals surface area (Å²) in [5.74, 6) is -0.296. The van der Waals surface area contributed by atoms with Crippen LogP contribution in [0.5, 0.6) is 0 Å². The molecular formula is C17H22FNO3. The zero-order valence-electron chi connectivity index (χ0n) is 13.6. The molecule has 0 bridgehead atoms. The number of halogens is 1. The lowest BCUT2D eigenvalue weighted by molar-refractivity contribution is 0.0235. The van der Waals surface area contributed by atoms with Crippen molar-refractivity contribution in [2.75, 3.05) is 7.05 Å². The Kier molecular flexibility index (Phi) is 4.44. The highest BCUT2D eigenvalue weighted by atomic mass is 19.1. The molecule has 0 aliphatic rings. The molecule has 2 rings (SSSR count). The fourth-order valence-electron chi connectivity index (χ4n) is 2.18. The van der Waals surface area contributed by atoms with Gasteiger partial charge >= 0.3 is 6.09 Å². The Bertz CT molecular complexity index is 672. The molecule has 0 spiro atoms. The predicted molar refractivity (Wildman–Crippen MR) is 83.3 cm³/mol. The summed E-state index contributed by atoms with van der Waals surface area (Å²) in [7, 11) is 1.66. The Morgan fingerprint density at radius 2 is 2.05 bits per heavy atom. The van der Waals surface area contributed by atoms with Crippen LogP contribution in [0.25, 0.3) is 11.0 Å². The van der Waals surface area contributed by atoms with E-state index in [1.54, 1.807) is 25.2 Å². The molecule has 0 aliphatic heterocycles. The van der Waals surface area contributed by atoms with Gasteiger partial charge in [0.1, 0.15) is 17.0 Å². The van der Waals surface area contributed by atoms with E-state index in [0.29, 0.717) is 23.0 Å². The fraction of sp³-hybridized carbons (Fsp3) is 0.471. The van der Waals surface area contributed by atoms with Crippen LogP contribution in [0.4, 0.5) is 9.18 Å². The number of benzene rings is 1. The van der Waals surface area contributed by atoms with E-state index in [0.717, 1.165) is 0 Å². The topological polar surface area (TPSA) is 42.7 Å². The standard InChI is InChI=1S/C17H22FNO3/c1-11(19(5)16(20)22-17(2,3)4)10-12-6-7-14-13(15(12)18)8-9-21-14/h6-9,11H,10H2,1-5H3. The number of hydrogen-bond donors (Lipinski definition) is 0. The van der Waals surface area contributed by atoms with Gasteiger partial charge in [-0.25, -0.2) is 9.18 Å². The molecule has 1 atom stereocenters. The minimum atomic E-state index is -0.550. The third-order valence-electron chi connectivity index (χ3n) is 3.51. The molecular weight excluding hydrogens is 285 g/mol. The SMILES string of the molecule is CC(Cc1ccc2occc2c1F)N(C)C(=O)OC(C)(C)C. The molecule has 0 saturated heterocycles. The van der Waals surface area contributed by atoms with Crippen LogP contribution in [0.3, 0.4) is 0 Å². The zero-order valence-corrected chi connectivity index (χ0v) is 13.6. The average Bonchev–Trinajstić information content (AvgIpc) is 2.88. The van der Waals surface area contributed by atoms with Gasteiger partial charge in [0.05, 0.1) is 11.6 Å². The molecule has 0 fully saturated rings. The van der Waals surface area contributed by atoms with Crippen LogP contribution in [-0.2, 0) is 11.2 Å². The number of hydrogen-bond acceptors (Lipinski definition) is 3. The molecule has 1 aromatic carbocycles. The third kappa shape index (κ3) is 3.59. The van der Waals surface area contributed by atoms with E-state index in [4.69, 9.17) is 9.15 Å². The molecule has 1 unspecified atom stereocenters. The van der Waals surface area contributed by atoms with Crippen LogP contribution in [0.15, 0.2) is 28.9 Å². The summed E-state index contributed by atoms with van der Waals surface area (Å²) in [5, 5.41) is 0.463. The highest BCUT2D eigenvalue weighted by Gasteiger charge is 2.24. The number of furan rings is 1. The molecule has 5 heteroatoms. The lowest BCUT2D eigenvalue weighted by Gasteiger charge is -2.28. The van der Waals surface area contributed by atoms with Gasteiger partial charge in [-0.05, 0) is 51.8 Å². The first-order valence-corrected chi connectivity index (χ1v) is 7.29. The predicted octanol–water partition coefficient (Wildman–Crippen LogP) is 4.37. The van der Waals surface area contributed by atoms with Crippen LogP contribution in [0.2, 0.25) is 0 Å². The minimum absolute atomic E-state index is 0.186. The Morgan fingerprint density at radius 3 is 2.68 bits per heavy atom. The van der Waals surface area contributed by atoms with E-state index in [9.17, 15) is 9.18 Å². The van der Waals surface area contributed by atoms with Crippen molar-refractivity contribution < 1.29 is 18.3 Å². The number of nitrogens with zero attached hydrogens (tertiary/aromatic N) is 1. The Hall–Kier alpha value is -2.04. The van der Waals surface area contributed by atoms with E-state index in [2.05, 4.69) is 0 Å². The van der Waals surface area contributed by atoms with E-state index in [1.165, 1.54) is 11.2 Å². The van der Waals surface area contributed by atoms with Gasteiger partial charge in [0.15, 0.2) is 0 Å². The number of carbonyl (C=O) groups is 1. The zero-order chi connectivity index (χ0) is 16.5. The van der Waals surface area contributed by atoms with Crippen molar-refractivity contribution in [3.8, 4) is 0 Å². The molecule has 0 N–H and O–H groups in total. The smallest absolute Gasteiger partial charge is 0.410 e. The van der Waals surface area contributed by atoms with Gasteiger partial charge in [-0.3, -0.25) is 0 Å². The first-order valence-electron chi connectivity index (χ1n) is 7.29. The van der Waals surface area contributed by atoms with Crippen LogP contribution in [-0.4, -0.2) is 29.7 Å². The normalized spacial score (nSPS) is 13.2. The van der Waals surface area contributed by atoms with Crippen LogP contribution >= 0.6 is 0 Å². The van der Waals surface area contributed by atoms with E-state index in [1.807, 2.05) is 27.7 Å². The van der Waals surface area contributed by atoms with Gasteiger partial charge in [-0.1, -0.05) is 6.07 Å². The average molecular weight is 307 g/mol. The minimum Gasteiger partial charge on any atom is -0.464 e. The van der Waals surface area contributed by atoms with Gasteiger partial charge in [-0.2, -0.15) is 0 Å². The molecule has 1 heterocycles. The number of ether oxygens (including phenoxy) is 1. The molecule has 4 nitrogen and oxygen atoms in total. The molecule has 1 aromatic heterocycles. The summed E-state index contributed by atoms with van der Waals surface area (Å²) < 4.78 is 24.9. The van der Waals surface area contributed by atoms with Crippen LogP contribution in [0, 0.1) is 5.82 Å². The largest absolute Gasteiger partial charge is 0.464 e. The maximum Gasteiger partial charge on any atom is 0.410 e. The first kappa shape index (κ1) is 16.3. The number of amides is 1. The van der Waals surface area contributed by atoms with Crippen molar-refractivity contribution in [2.45, 2.75) is 45.8 Å². The van der Waals surface area contributed by atoms with E-state index in [-0.39, 0.29) is 11.9 Å². The fourth-order valence-corrected chi connectivity index (χ4v) is 2.18. The van der Waals surface area contributed by atoms with Crippen molar-refractivity contribution in [3.05, 3.63) is 35.8 Å². The van der Waals surface area contributed by atoms with Crippen LogP contribution in [0.1, 0.15) is 33.3 Å². The third-order valence-corrected chi connectivity index (χ3v) is 3.51. The molecule has 0 saturated carbocycles. The van der Waals surface area contributed by atoms with Crippen LogP contribution < -0.4 is 0 Å². The monoisotopic (exact) mass is 307 g/mol.